The Morgan fingerprint density at radius 3 is 2.79 bits per heavy atom. The highest BCUT2D eigenvalue weighted by Crippen LogP contribution is 2.25. The van der Waals surface area contributed by atoms with E-state index >= 15 is 0 Å². The van der Waals surface area contributed by atoms with Gasteiger partial charge in [0.05, 0.1) is 17.9 Å². The fourth-order valence-corrected chi connectivity index (χ4v) is 3.51. The highest BCUT2D eigenvalue weighted by Gasteiger charge is 2.23. The Hall–Kier alpha value is -1.00. The van der Waals surface area contributed by atoms with Crippen molar-refractivity contribution in [3.05, 3.63) is 35.9 Å². The number of aliphatic hydroxyl groups is 1. The van der Waals surface area contributed by atoms with Crippen molar-refractivity contribution in [2.75, 3.05) is 12.4 Å². The average Bonchev–Trinajstić information content (AvgIpc) is 2.48. The Bertz CT molecular complexity index is 390. The smallest absolute Gasteiger partial charge is 0.233 e. The molecule has 1 aromatic carbocycles. The Labute approximate surface area is 118 Å². The predicted octanol–water partition coefficient (Wildman–Crippen LogP) is 1.99. The number of amides is 1. The first-order valence-corrected chi connectivity index (χ1v) is 7.91. The van der Waals surface area contributed by atoms with Gasteiger partial charge in [-0.05, 0) is 30.6 Å². The van der Waals surface area contributed by atoms with E-state index in [-0.39, 0.29) is 23.8 Å². The predicted molar refractivity (Wildman–Crippen MR) is 79.3 cm³/mol. The molecule has 1 fully saturated rings. The van der Waals surface area contributed by atoms with Crippen LogP contribution in [-0.4, -0.2) is 34.7 Å². The zero-order valence-corrected chi connectivity index (χ0v) is 11.9. The van der Waals surface area contributed by atoms with Crippen LogP contribution in [0.25, 0.3) is 0 Å². The molecule has 1 amide bonds. The maximum atomic E-state index is 12.1. The van der Waals surface area contributed by atoms with E-state index in [2.05, 4.69) is 5.32 Å². The molecule has 0 aliphatic carbocycles. The Kier molecular flexibility index (Phi) is 5.73. The average molecular weight is 279 g/mol. The van der Waals surface area contributed by atoms with Gasteiger partial charge in [0.25, 0.3) is 0 Å². The lowest BCUT2D eigenvalue weighted by atomic mass is 10.1. The lowest BCUT2D eigenvalue weighted by molar-refractivity contribution is -0.121. The van der Waals surface area contributed by atoms with Gasteiger partial charge in [0, 0.05) is 0 Å². The summed E-state index contributed by atoms with van der Waals surface area (Å²) >= 11 is 1.74. The molecule has 2 N–H and O–H groups in total. The van der Waals surface area contributed by atoms with Gasteiger partial charge in [-0.25, -0.2) is 0 Å². The molecule has 2 rings (SSSR count). The van der Waals surface area contributed by atoms with E-state index in [0.717, 1.165) is 24.2 Å². The lowest BCUT2D eigenvalue weighted by Crippen LogP contribution is -2.44. The summed E-state index contributed by atoms with van der Waals surface area (Å²) in [5, 5.41) is 12.5. The van der Waals surface area contributed by atoms with Crippen LogP contribution in [0.3, 0.4) is 0 Å². The molecule has 1 aliphatic heterocycles. The van der Waals surface area contributed by atoms with Crippen molar-refractivity contribution in [2.45, 2.75) is 37.0 Å². The van der Waals surface area contributed by atoms with Crippen LogP contribution in [0.5, 0.6) is 0 Å². The summed E-state index contributed by atoms with van der Waals surface area (Å²) < 4.78 is 0. The molecule has 1 aliphatic rings. The molecule has 1 saturated heterocycles. The standard InChI is InChI=1S/C15H21NO2S/c17-11-13(10-12-6-2-1-3-7-12)16-15(18)14-8-4-5-9-19-14/h1-3,6-7,13-14,17H,4-5,8-11H2,(H,16,18)/t13-,14?/m1/s1. The number of thioether (sulfide) groups is 1. The summed E-state index contributed by atoms with van der Waals surface area (Å²) in [5.41, 5.74) is 1.14. The molecular formula is C15H21NO2S. The van der Waals surface area contributed by atoms with E-state index < -0.39 is 0 Å². The van der Waals surface area contributed by atoms with Gasteiger partial charge in [0.2, 0.25) is 5.91 Å². The summed E-state index contributed by atoms with van der Waals surface area (Å²) in [6.45, 7) is -0.0159. The summed E-state index contributed by atoms with van der Waals surface area (Å²) in [7, 11) is 0. The van der Waals surface area contributed by atoms with Gasteiger partial charge >= 0.3 is 0 Å². The minimum atomic E-state index is -0.183. The van der Waals surface area contributed by atoms with E-state index in [1.54, 1.807) is 11.8 Å². The van der Waals surface area contributed by atoms with Gasteiger partial charge in [-0.3, -0.25) is 4.79 Å². The summed E-state index contributed by atoms with van der Waals surface area (Å²) in [4.78, 5) is 12.1. The van der Waals surface area contributed by atoms with Crippen LogP contribution < -0.4 is 5.32 Å². The van der Waals surface area contributed by atoms with Crippen molar-refractivity contribution in [1.29, 1.82) is 0 Å². The Morgan fingerprint density at radius 1 is 1.37 bits per heavy atom. The third-order valence-electron chi connectivity index (χ3n) is 3.36. The topological polar surface area (TPSA) is 49.3 Å². The Balaban J connectivity index is 1.86. The van der Waals surface area contributed by atoms with Gasteiger partial charge in [0.15, 0.2) is 0 Å². The minimum absolute atomic E-state index is 0.0159. The summed E-state index contributed by atoms with van der Waals surface area (Å²) in [6.07, 6.45) is 3.98. The molecule has 1 unspecified atom stereocenters. The van der Waals surface area contributed by atoms with E-state index in [1.807, 2.05) is 30.3 Å². The molecule has 4 heteroatoms. The number of nitrogens with one attached hydrogen (secondary N) is 1. The van der Waals surface area contributed by atoms with Crippen LogP contribution in [0, 0.1) is 0 Å². The lowest BCUT2D eigenvalue weighted by Gasteiger charge is -2.23. The van der Waals surface area contributed by atoms with Crippen LogP contribution in [-0.2, 0) is 11.2 Å². The van der Waals surface area contributed by atoms with Gasteiger partial charge in [-0.2, -0.15) is 0 Å². The first-order valence-electron chi connectivity index (χ1n) is 6.86. The van der Waals surface area contributed by atoms with Crippen LogP contribution in [0.2, 0.25) is 0 Å². The molecule has 104 valence electrons. The van der Waals surface area contributed by atoms with Gasteiger partial charge < -0.3 is 10.4 Å². The molecule has 3 nitrogen and oxygen atoms in total. The summed E-state index contributed by atoms with van der Waals surface area (Å²) in [6, 6.07) is 9.77. The van der Waals surface area contributed by atoms with E-state index in [1.165, 1.54) is 6.42 Å². The molecule has 2 atom stereocenters. The molecule has 0 radical (unpaired) electrons. The van der Waals surface area contributed by atoms with Gasteiger partial charge in [-0.15, -0.1) is 11.8 Å². The second-order valence-corrected chi connectivity index (χ2v) is 6.24. The highest BCUT2D eigenvalue weighted by atomic mass is 32.2. The monoisotopic (exact) mass is 279 g/mol. The van der Waals surface area contributed by atoms with Crippen LogP contribution in [0.4, 0.5) is 0 Å². The zero-order chi connectivity index (χ0) is 13.5. The molecule has 1 heterocycles. The van der Waals surface area contributed by atoms with Crippen LogP contribution in [0.1, 0.15) is 24.8 Å². The van der Waals surface area contributed by atoms with Gasteiger partial charge in [0.1, 0.15) is 0 Å². The highest BCUT2D eigenvalue weighted by molar-refractivity contribution is 8.00. The van der Waals surface area contributed by atoms with Crippen molar-refractivity contribution >= 4 is 17.7 Å². The maximum Gasteiger partial charge on any atom is 0.233 e. The maximum absolute atomic E-state index is 12.1. The Morgan fingerprint density at radius 2 is 2.16 bits per heavy atom. The fraction of sp³-hybridized carbons (Fsp3) is 0.533. The molecule has 0 bridgehead atoms. The molecule has 0 aromatic heterocycles. The number of carbonyl (C=O) groups is 1. The van der Waals surface area contributed by atoms with E-state index in [0.29, 0.717) is 6.42 Å². The largest absolute Gasteiger partial charge is 0.394 e. The third kappa shape index (κ3) is 4.55. The van der Waals surface area contributed by atoms with Crippen LogP contribution >= 0.6 is 11.8 Å². The molecule has 0 saturated carbocycles. The van der Waals surface area contributed by atoms with Crippen molar-refractivity contribution < 1.29 is 9.90 Å². The number of aliphatic hydroxyl groups excluding tert-OH is 1. The normalized spacial score (nSPS) is 20.8. The SMILES string of the molecule is O=C(N[C@@H](CO)Cc1ccccc1)C1CCCCS1. The zero-order valence-electron chi connectivity index (χ0n) is 11.0. The molecular weight excluding hydrogens is 258 g/mol. The van der Waals surface area contributed by atoms with Crippen molar-refractivity contribution in [3.63, 3.8) is 0 Å². The van der Waals surface area contributed by atoms with Crippen molar-refractivity contribution in [2.24, 2.45) is 0 Å². The summed E-state index contributed by atoms with van der Waals surface area (Å²) in [5.74, 6) is 1.15. The van der Waals surface area contributed by atoms with E-state index in [9.17, 15) is 9.90 Å². The quantitative estimate of drug-likeness (QED) is 0.866. The number of carbonyl (C=O) groups excluding carboxylic acids is 1. The second kappa shape index (κ2) is 7.56. The number of hydrogen-bond donors (Lipinski definition) is 2. The second-order valence-electron chi connectivity index (χ2n) is 4.93. The van der Waals surface area contributed by atoms with Gasteiger partial charge in [-0.1, -0.05) is 36.8 Å². The minimum Gasteiger partial charge on any atom is -0.394 e. The first-order chi connectivity index (χ1) is 9.29. The van der Waals surface area contributed by atoms with Crippen molar-refractivity contribution in [3.8, 4) is 0 Å². The number of benzene rings is 1. The molecule has 0 spiro atoms. The fourth-order valence-electron chi connectivity index (χ4n) is 2.30. The number of hydrogen-bond acceptors (Lipinski definition) is 3. The van der Waals surface area contributed by atoms with Crippen molar-refractivity contribution in [1.82, 2.24) is 5.32 Å². The van der Waals surface area contributed by atoms with E-state index in [4.69, 9.17) is 0 Å². The van der Waals surface area contributed by atoms with Crippen LogP contribution in [0.15, 0.2) is 30.3 Å². The number of rotatable bonds is 5. The first kappa shape index (κ1) is 14.4. The third-order valence-corrected chi connectivity index (χ3v) is 4.74. The molecule has 1 aromatic rings. The molecule has 19 heavy (non-hydrogen) atoms.